The number of hydrogen-bond donors (Lipinski definition) is 2. The minimum absolute atomic E-state index is 0.643. The molecule has 0 saturated heterocycles. The number of nitrogens with one attached hydrogen (secondary N) is 2. The van der Waals surface area contributed by atoms with Crippen molar-refractivity contribution in [1.82, 2.24) is 9.97 Å². The van der Waals surface area contributed by atoms with Crippen molar-refractivity contribution in [2.45, 2.75) is 33.1 Å². The highest BCUT2D eigenvalue weighted by atomic mass is 15.1. The Labute approximate surface area is 126 Å². The first-order valence-electron chi connectivity index (χ1n) is 7.61. The standard InChI is InChI=1S/C17H24N4/c1-4-6-7-11-18-16-14-12-13(3)8-9-15(14)20-17(21-16)19-10-5-2/h5,8-9,12H,2,4,6-7,10-11H2,1,3H3,(H2,18,19,20,21). The van der Waals surface area contributed by atoms with Gasteiger partial charge >= 0.3 is 0 Å². The molecule has 4 heteroatoms. The molecule has 0 aliphatic rings. The largest absolute Gasteiger partial charge is 0.369 e. The van der Waals surface area contributed by atoms with Gasteiger partial charge in [0.05, 0.1) is 5.52 Å². The maximum absolute atomic E-state index is 4.60. The predicted molar refractivity (Wildman–Crippen MR) is 91.0 cm³/mol. The summed E-state index contributed by atoms with van der Waals surface area (Å²) in [6.45, 7) is 9.60. The second-order valence-electron chi connectivity index (χ2n) is 5.22. The molecule has 2 aromatic rings. The summed E-state index contributed by atoms with van der Waals surface area (Å²) in [7, 11) is 0. The van der Waals surface area contributed by atoms with Crippen LogP contribution >= 0.6 is 0 Å². The summed E-state index contributed by atoms with van der Waals surface area (Å²) >= 11 is 0. The molecule has 0 aliphatic carbocycles. The van der Waals surface area contributed by atoms with E-state index in [1.165, 1.54) is 18.4 Å². The van der Waals surface area contributed by atoms with E-state index in [1.54, 1.807) is 6.08 Å². The Morgan fingerprint density at radius 3 is 2.81 bits per heavy atom. The van der Waals surface area contributed by atoms with E-state index >= 15 is 0 Å². The molecule has 0 bridgehead atoms. The van der Waals surface area contributed by atoms with E-state index in [2.05, 4.69) is 53.2 Å². The maximum Gasteiger partial charge on any atom is 0.225 e. The molecule has 2 rings (SSSR count). The molecule has 0 saturated carbocycles. The lowest BCUT2D eigenvalue weighted by Crippen LogP contribution is -2.08. The van der Waals surface area contributed by atoms with Gasteiger partial charge in [0.25, 0.3) is 0 Å². The maximum atomic E-state index is 4.60. The molecule has 1 heterocycles. The Morgan fingerprint density at radius 2 is 2.05 bits per heavy atom. The monoisotopic (exact) mass is 284 g/mol. The third kappa shape index (κ3) is 4.18. The zero-order valence-corrected chi connectivity index (χ0v) is 12.9. The molecule has 21 heavy (non-hydrogen) atoms. The molecular weight excluding hydrogens is 260 g/mol. The molecule has 0 atom stereocenters. The third-order valence-corrected chi connectivity index (χ3v) is 3.33. The molecule has 0 fully saturated rings. The van der Waals surface area contributed by atoms with E-state index in [4.69, 9.17) is 0 Å². The molecular formula is C17H24N4. The van der Waals surface area contributed by atoms with Gasteiger partial charge in [-0.05, 0) is 25.5 Å². The van der Waals surface area contributed by atoms with Gasteiger partial charge in [-0.3, -0.25) is 0 Å². The van der Waals surface area contributed by atoms with Crippen LogP contribution in [0.25, 0.3) is 10.9 Å². The van der Waals surface area contributed by atoms with Gasteiger partial charge in [-0.25, -0.2) is 4.98 Å². The molecule has 0 aliphatic heterocycles. The van der Waals surface area contributed by atoms with Crippen molar-refractivity contribution < 1.29 is 0 Å². The van der Waals surface area contributed by atoms with E-state index in [9.17, 15) is 0 Å². The quantitative estimate of drug-likeness (QED) is 0.565. The van der Waals surface area contributed by atoms with Crippen molar-refractivity contribution in [3.8, 4) is 0 Å². The van der Waals surface area contributed by atoms with Crippen LogP contribution in [0.15, 0.2) is 30.9 Å². The minimum Gasteiger partial charge on any atom is -0.369 e. The summed E-state index contributed by atoms with van der Waals surface area (Å²) in [4.78, 5) is 9.14. The highest BCUT2D eigenvalue weighted by molar-refractivity contribution is 5.90. The average Bonchev–Trinajstić information content (AvgIpc) is 2.49. The van der Waals surface area contributed by atoms with Crippen LogP contribution in [0.5, 0.6) is 0 Å². The summed E-state index contributed by atoms with van der Waals surface area (Å²) in [6.07, 6.45) is 5.41. The number of rotatable bonds is 8. The number of hydrogen-bond acceptors (Lipinski definition) is 4. The number of aromatic nitrogens is 2. The Hall–Kier alpha value is -2.10. The Bertz CT molecular complexity index is 607. The van der Waals surface area contributed by atoms with E-state index in [0.29, 0.717) is 12.5 Å². The second kappa shape index (κ2) is 7.62. The lowest BCUT2D eigenvalue weighted by molar-refractivity contribution is 0.742. The number of fused-ring (bicyclic) bond motifs is 1. The average molecular weight is 284 g/mol. The SMILES string of the molecule is C=CCNc1nc(NCCCCC)c2cc(C)ccc2n1. The summed E-state index contributed by atoms with van der Waals surface area (Å²) in [5.41, 5.74) is 2.18. The topological polar surface area (TPSA) is 49.8 Å². The van der Waals surface area contributed by atoms with Gasteiger partial charge < -0.3 is 10.6 Å². The highest BCUT2D eigenvalue weighted by Gasteiger charge is 2.07. The van der Waals surface area contributed by atoms with E-state index in [1.807, 2.05) is 6.07 Å². The second-order valence-corrected chi connectivity index (χ2v) is 5.22. The Balaban J connectivity index is 2.28. The lowest BCUT2D eigenvalue weighted by Gasteiger charge is -2.11. The number of aryl methyl sites for hydroxylation is 1. The van der Waals surface area contributed by atoms with E-state index in [-0.39, 0.29) is 0 Å². The Kier molecular flexibility index (Phi) is 5.55. The lowest BCUT2D eigenvalue weighted by atomic mass is 10.1. The number of unbranched alkanes of at least 4 members (excludes halogenated alkanes) is 2. The molecule has 2 N–H and O–H groups in total. The van der Waals surface area contributed by atoms with Crippen LogP contribution in [-0.2, 0) is 0 Å². The number of anilines is 2. The number of nitrogens with zero attached hydrogens (tertiary/aromatic N) is 2. The molecule has 0 unspecified atom stereocenters. The molecule has 4 nitrogen and oxygen atoms in total. The third-order valence-electron chi connectivity index (χ3n) is 3.33. The van der Waals surface area contributed by atoms with Crippen LogP contribution in [0.2, 0.25) is 0 Å². The van der Waals surface area contributed by atoms with Crippen molar-refractivity contribution >= 4 is 22.7 Å². The summed E-state index contributed by atoms with van der Waals surface area (Å²) in [6, 6.07) is 6.25. The zero-order chi connectivity index (χ0) is 15.1. The zero-order valence-electron chi connectivity index (χ0n) is 12.9. The minimum atomic E-state index is 0.643. The van der Waals surface area contributed by atoms with Crippen LogP contribution in [-0.4, -0.2) is 23.1 Å². The summed E-state index contributed by atoms with van der Waals surface area (Å²) < 4.78 is 0. The van der Waals surface area contributed by atoms with Crippen LogP contribution in [0.4, 0.5) is 11.8 Å². The molecule has 1 aromatic heterocycles. The van der Waals surface area contributed by atoms with Crippen LogP contribution in [0.1, 0.15) is 31.7 Å². The van der Waals surface area contributed by atoms with Crippen molar-refractivity contribution in [2.75, 3.05) is 23.7 Å². The smallest absolute Gasteiger partial charge is 0.225 e. The van der Waals surface area contributed by atoms with Crippen molar-refractivity contribution in [3.05, 3.63) is 36.4 Å². The van der Waals surface area contributed by atoms with Gasteiger partial charge in [-0.15, -0.1) is 6.58 Å². The summed E-state index contributed by atoms with van der Waals surface area (Å²) in [5.74, 6) is 1.55. The molecule has 0 spiro atoms. The first-order chi connectivity index (χ1) is 10.2. The fourth-order valence-corrected chi connectivity index (χ4v) is 2.20. The van der Waals surface area contributed by atoms with Crippen LogP contribution in [0, 0.1) is 6.92 Å². The first kappa shape index (κ1) is 15.3. The van der Waals surface area contributed by atoms with Crippen LogP contribution in [0.3, 0.4) is 0 Å². The molecule has 0 radical (unpaired) electrons. The van der Waals surface area contributed by atoms with Crippen molar-refractivity contribution in [3.63, 3.8) is 0 Å². The number of benzene rings is 1. The van der Waals surface area contributed by atoms with E-state index in [0.717, 1.165) is 29.7 Å². The fourth-order valence-electron chi connectivity index (χ4n) is 2.20. The predicted octanol–water partition coefficient (Wildman–Crippen LogP) is 4.14. The molecule has 0 amide bonds. The normalized spacial score (nSPS) is 10.6. The highest BCUT2D eigenvalue weighted by Crippen LogP contribution is 2.23. The molecule has 1 aromatic carbocycles. The van der Waals surface area contributed by atoms with Gasteiger partial charge in [0, 0.05) is 18.5 Å². The van der Waals surface area contributed by atoms with Gasteiger partial charge in [-0.2, -0.15) is 4.98 Å². The first-order valence-corrected chi connectivity index (χ1v) is 7.61. The van der Waals surface area contributed by atoms with Crippen LogP contribution < -0.4 is 10.6 Å². The molecule has 112 valence electrons. The van der Waals surface area contributed by atoms with Gasteiger partial charge in [0.2, 0.25) is 5.95 Å². The van der Waals surface area contributed by atoms with E-state index < -0.39 is 0 Å². The Morgan fingerprint density at radius 1 is 1.19 bits per heavy atom. The van der Waals surface area contributed by atoms with Gasteiger partial charge in [0.1, 0.15) is 5.82 Å². The fraction of sp³-hybridized carbons (Fsp3) is 0.412. The van der Waals surface area contributed by atoms with Crippen molar-refractivity contribution in [1.29, 1.82) is 0 Å². The summed E-state index contributed by atoms with van der Waals surface area (Å²) in [5, 5.41) is 7.69. The van der Waals surface area contributed by atoms with Gasteiger partial charge in [0.15, 0.2) is 0 Å². The van der Waals surface area contributed by atoms with Crippen molar-refractivity contribution in [2.24, 2.45) is 0 Å². The van der Waals surface area contributed by atoms with Gasteiger partial charge in [-0.1, -0.05) is 37.5 Å².